The minimum atomic E-state index is -1.74. The third-order valence-electron chi connectivity index (χ3n) is 10.1. The molecule has 2 N–H and O–H groups in total. The number of esters is 1. The molecule has 5 aliphatic rings. The Bertz CT molecular complexity index is 1340. The Morgan fingerprint density at radius 3 is 2.67 bits per heavy atom. The van der Waals surface area contributed by atoms with Gasteiger partial charge in [0.1, 0.15) is 36.9 Å². The predicted molar refractivity (Wildman–Crippen MR) is 176 cm³/mol. The SMILES string of the molecule is CO/N=C1/C[C@]2(C[C@@H]3C[C@@H](C/C=C(\C)C[C@@H](C)/C=C/C=C4\COC5[C@H](O)C(C)=C[C@@H](C(=O)O3)[C@]45O)O2)O[C@H](/C(C)=C/C(C)C)[C@H]1C. The first-order valence-corrected chi connectivity index (χ1v) is 16.8. The summed E-state index contributed by atoms with van der Waals surface area (Å²) in [5.74, 6) is -2.15. The van der Waals surface area contributed by atoms with Gasteiger partial charge in [0.25, 0.3) is 0 Å². The topological polar surface area (TPSA) is 116 Å². The van der Waals surface area contributed by atoms with Crippen molar-refractivity contribution in [2.45, 2.75) is 122 Å². The van der Waals surface area contributed by atoms with Crippen LogP contribution in [-0.2, 0) is 28.6 Å². The maximum absolute atomic E-state index is 14.2. The number of carbonyl (C=O) groups is 1. The number of rotatable bonds is 3. The summed E-state index contributed by atoms with van der Waals surface area (Å²) < 4.78 is 26.0. The van der Waals surface area contributed by atoms with Crippen LogP contribution in [0.1, 0.15) is 80.6 Å². The van der Waals surface area contributed by atoms with Crippen LogP contribution in [-0.4, -0.2) is 77.5 Å². The van der Waals surface area contributed by atoms with Crippen molar-refractivity contribution in [3.8, 4) is 0 Å². The summed E-state index contributed by atoms with van der Waals surface area (Å²) in [4.78, 5) is 19.4. The molecule has 4 heterocycles. The van der Waals surface area contributed by atoms with Crippen molar-refractivity contribution >= 4 is 11.7 Å². The lowest BCUT2D eigenvalue weighted by atomic mass is 9.71. The smallest absolute Gasteiger partial charge is 0.316 e. The van der Waals surface area contributed by atoms with Crippen molar-refractivity contribution in [2.24, 2.45) is 28.8 Å². The third-order valence-corrected chi connectivity index (χ3v) is 10.1. The van der Waals surface area contributed by atoms with Crippen LogP contribution in [0, 0.1) is 23.7 Å². The molecule has 0 aromatic carbocycles. The van der Waals surface area contributed by atoms with Gasteiger partial charge in [-0.3, -0.25) is 4.79 Å². The third kappa shape index (κ3) is 6.99. The molecule has 2 bridgehead atoms. The number of carbonyl (C=O) groups excluding carboxylic acids is 1. The monoisotopic (exact) mass is 639 g/mol. The van der Waals surface area contributed by atoms with Gasteiger partial charge in [-0.1, -0.05) is 74.9 Å². The van der Waals surface area contributed by atoms with Crippen LogP contribution < -0.4 is 0 Å². The minimum Gasteiger partial charge on any atom is -0.462 e. The van der Waals surface area contributed by atoms with E-state index >= 15 is 0 Å². The molecule has 0 saturated carbocycles. The van der Waals surface area contributed by atoms with Crippen LogP contribution in [0.15, 0.2) is 63.9 Å². The molecule has 9 heteroatoms. The van der Waals surface area contributed by atoms with Gasteiger partial charge in [-0.15, -0.1) is 0 Å². The molecular formula is C37H53NO8. The molecule has 0 aromatic rings. The molecule has 0 radical (unpaired) electrons. The summed E-state index contributed by atoms with van der Waals surface area (Å²) in [7, 11) is 1.55. The maximum Gasteiger partial charge on any atom is 0.316 e. The van der Waals surface area contributed by atoms with Crippen LogP contribution in [0.3, 0.4) is 0 Å². The summed E-state index contributed by atoms with van der Waals surface area (Å²) in [6, 6.07) is 0. The van der Waals surface area contributed by atoms with E-state index in [0.29, 0.717) is 42.7 Å². The molecule has 9 nitrogen and oxygen atoms in total. The molecule has 4 aliphatic heterocycles. The molecule has 3 saturated heterocycles. The number of ether oxygens (including phenoxy) is 4. The van der Waals surface area contributed by atoms with Gasteiger partial charge in [-0.05, 0) is 62.2 Å². The normalized spacial score (nSPS) is 44.5. The van der Waals surface area contributed by atoms with Gasteiger partial charge in [0.2, 0.25) is 0 Å². The Balaban J connectivity index is 1.55. The second-order valence-electron chi connectivity index (χ2n) is 14.5. The first kappa shape index (κ1) is 34.8. The summed E-state index contributed by atoms with van der Waals surface area (Å²) in [6.45, 7) is 14.6. The number of aliphatic hydroxyl groups excluding tert-OH is 1. The van der Waals surface area contributed by atoms with Crippen LogP contribution >= 0.6 is 0 Å². The Labute approximate surface area is 274 Å². The lowest BCUT2D eigenvalue weighted by molar-refractivity contribution is -0.313. The second kappa shape index (κ2) is 13.9. The van der Waals surface area contributed by atoms with Gasteiger partial charge in [-0.2, -0.15) is 0 Å². The zero-order valence-electron chi connectivity index (χ0n) is 28.7. The number of oxime groups is 1. The van der Waals surface area contributed by atoms with Crippen LogP contribution in [0.25, 0.3) is 0 Å². The van der Waals surface area contributed by atoms with Crippen LogP contribution in [0.5, 0.6) is 0 Å². The predicted octanol–water partition coefficient (Wildman–Crippen LogP) is 5.73. The average molecular weight is 640 g/mol. The van der Waals surface area contributed by atoms with Gasteiger partial charge >= 0.3 is 5.97 Å². The zero-order chi connectivity index (χ0) is 33.4. The van der Waals surface area contributed by atoms with Gasteiger partial charge in [0.15, 0.2) is 5.79 Å². The Morgan fingerprint density at radius 2 is 1.96 bits per heavy atom. The van der Waals surface area contributed by atoms with Crippen molar-refractivity contribution in [3.63, 3.8) is 0 Å². The van der Waals surface area contributed by atoms with Crippen LogP contribution in [0.4, 0.5) is 0 Å². The summed E-state index contributed by atoms with van der Waals surface area (Å²) in [5.41, 5.74) is 2.54. The highest BCUT2D eigenvalue weighted by molar-refractivity contribution is 5.88. The number of fused-ring (bicyclic) bond motifs is 2. The zero-order valence-corrected chi connectivity index (χ0v) is 28.7. The highest BCUT2D eigenvalue weighted by atomic mass is 16.7. The molecule has 3 fully saturated rings. The molecule has 0 amide bonds. The molecule has 5 rings (SSSR count). The maximum atomic E-state index is 14.2. The molecular weight excluding hydrogens is 586 g/mol. The molecule has 10 atom stereocenters. The van der Waals surface area contributed by atoms with Crippen LogP contribution in [0.2, 0.25) is 0 Å². The van der Waals surface area contributed by atoms with E-state index in [2.05, 4.69) is 64.9 Å². The van der Waals surface area contributed by atoms with Gasteiger partial charge in [0, 0.05) is 25.2 Å². The number of aliphatic hydroxyl groups is 2. The summed E-state index contributed by atoms with van der Waals surface area (Å²) in [6.07, 6.45) is 11.4. The first-order valence-electron chi connectivity index (χ1n) is 16.8. The van der Waals surface area contributed by atoms with Crippen molar-refractivity contribution in [3.05, 3.63) is 58.7 Å². The lowest BCUT2D eigenvalue weighted by Crippen LogP contribution is -2.59. The fourth-order valence-corrected chi connectivity index (χ4v) is 7.94. The quantitative estimate of drug-likeness (QED) is 0.229. The minimum absolute atomic E-state index is 0.0340. The molecule has 1 spiro atoms. The van der Waals surface area contributed by atoms with E-state index in [0.717, 1.165) is 17.7 Å². The Hall–Kier alpha value is -2.56. The number of hydrogen-bond donors (Lipinski definition) is 2. The molecule has 254 valence electrons. The highest BCUT2D eigenvalue weighted by Crippen LogP contribution is 2.47. The standard InChI is InChI=1S/C37H53NO8/c1-21(2)14-25(6)33-26(7)31(38-42-8)19-36(46-33)18-29-17-28(45-36)13-12-23(4)15-22(3)10-9-11-27-20-43-34-32(39)24(5)16-30(35(40)44-29)37(27,34)41/h9-12,14,16,21-22,26,28-30,32-34,39,41H,13,15,17-20H2,1-8H3/b10-9+,23-12+,25-14+,27-11+,38-31-/t22-,26-,28+,29-,30-,32+,33+,34?,36-,37+/m0/s1. The van der Waals surface area contributed by atoms with E-state index in [4.69, 9.17) is 23.8 Å². The van der Waals surface area contributed by atoms with E-state index in [1.54, 1.807) is 20.1 Å². The van der Waals surface area contributed by atoms with E-state index in [1.165, 1.54) is 5.57 Å². The van der Waals surface area contributed by atoms with Crippen molar-refractivity contribution in [2.75, 3.05) is 13.7 Å². The Kier molecular flexibility index (Phi) is 10.5. The van der Waals surface area contributed by atoms with Crippen molar-refractivity contribution in [1.29, 1.82) is 0 Å². The van der Waals surface area contributed by atoms with E-state index in [9.17, 15) is 15.0 Å². The van der Waals surface area contributed by atoms with E-state index in [-0.39, 0.29) is 30.7 Å². The summed E-state index contributed by atoms with van der Waals surface area (Å²) in [5, 5.41) is 27.6. The highest BCUT2D eigenvalue weighted by Gasteiger charge is 2.60. The van der Waals surface area contributed by atoms with Crippen molar-refractivity contribution in [1.82, 2.24) is 0 Å². The Morgan fingerprint density at radius 1 is 1.20 bits per heavy atom. The number of hydrogen-bond acceptors (Lipinski definition) is 9. The second-order valence-corrected chi connectivity index (χ2v) is 14.5. The number of allylic oxidation sites excluding steroid dienone is 5. The number of nitrogens with zero attached hydrogens (tertiary/aromatic N) is 1. The first-order chi connectivity index (χ1) is 21.8. The molecule has 0 aromatic heterocycles. The van der Waals surface area contributed by atoms with Gasteiger partial charge < -0.3 is 34.0 Å². The van der Waals surface area contributed by atoms with Crippen molar-refractivity contribution < 1.29 is 38.8 Å². The van der Waals surface area contributed by atoms with Gasteiger partial charge in [-0.25, -0.2) is 0 Å². The molecule has 1 unspecified atom stereocenters. The fourth-order valence-electron chi connectivity index (χ4n) is 7.94. The fraction of sp³-hybridized carbons (Fsp3) is 0.676. The molecule has 46 heavy (non-hydrogen) atoms. The lowest BCUT2D eigenvalue weighted by Gasteiger charge is -2.50. The van der Waals surface area contributed by atoms with E-state index < -0.39 is 41.6 Å². The summed E-state index contributed by atoms with van der Waals surface area (Å²) >= 11 is 0. The van der Waals surface area contributed by atoms with Gasteiger partial charge in [0.05, 0.1) is 24.5 Å². The average Bonchev–Trinajstić information content (AvgIpc) is 3.31. The molecule has 1 aliphatic carbocycles. The largest absolute Gasteiger partial charge is 0.462 e. The van der Waals surface area contributed by atoms with E-state index in [1.807, 2.05) is 12.2 Å².